The summed E-state index contributed by atoms with van der Waals surface area (Å²) in [4.78, 5) is 2.57. The van der Waals surface area contributed by atoms with Gasteiger partial charge in [0.15, 0.2) is 0 Å². The fourth-order valence-corrected chi connectivity index (χ4v) is 5.17. The number of furan rings is 1. The highest BCUT2D eigenvalue weighted by atomic mass is 32.2. The molecule has 0 bridgehead atoms. The maximum atomic E-state index is 13.0. The van der Waals surface area contributed by atoms with Gasteiger partial charge in [-0.05, 0) is 68.0 Å². The van der Waals surface area contributed by atoms with Gasteiger partial charge in [0, 0.05) is 19.6 Å². The molecule has 7 heteroatoms. The molecular weight excluding hydrogens is 376 g/mol. The first-order valence-corrected chi connectivity index (χ1v) is 11.5. The lowest BCUT2D eigenvalue weighted by Crippen LogP contribution is -2.43. The van der Waals surface area contributed by atoms with E-state index in [0.29, 0.717) is 18.1 Å². The van der Waals surface area contributed by atoms with Crippen LogP contribution in [0.25, 0.3) is 0 Å². The lowest BCUT2D eigenvalue weighted by atomic mass is 9.92. The predicted molar refractivity (Wildman–Crippen MR) is 107 cm³/mol. The van der Waals surface area contributed by atoms with Crippen LogP contribution in [0.1, 0.15) is 41.5 Å². The Morgan fingerprint density at radius 3 is 2.54 bits per heavy atom. The quantitative estimate of drug-likeness (QED) is 0.802. The molecule has 1 aliphatic carbocycles. The number of hydrogen-bond acceptors (Lipinski definition) is 5. The summed E-state index contributed by atoms with van der Waals surface area (Å²) < 4.78 is 40.0. The number of ether oxygens (including phenoxy) is 1. The largest absolute Gasteiger partial charge is 0.465 e. The summed E-state index contributed by atoms with van der Waals surface area (Å²) in [5.41, 5.74) is 2.45. The topological polar surface area (TPSA) is 71.8 Å². The first-order chi connectivity index (χ1) is 13.5. The fraction of sp³-hybridized carbons (Fsp3) is 0.524. The Morgan fingerprint density at radius 2 is 1.82 bits per heavy atom. The van der Waals surface area contributed by atoms with E-state index < -0.39 is 10.0 Å². The summed E-state index contributed by atoms with van der Waals surface area (Å²) in [7, 11) is -3.58. The van der Waals surface area contributed by atoms with Gasteiger partial charge in [0.1, 0.15) is 11.5 Å². The third-order valence-corrected chi connectivity index (χ3v) is 7.09. The molecule has 2 aliphatic rings. The number of morpholine rings is 1. The van der Waals surface area contributed by atoms with E-state index in [9.17, 15) is 8.42 Å². The van der Waals surface area contributed by atoms with Gasteiger partial charge in [0.25, 0.3) is 0 Å². The molecule has 152 valence electrons. The van der Waals surface area contributed by atoms with Gasteiger partial charge in [-0.15, -0.1) is 0 Å². The molecule has 1 fully saturated rings. The zero-order chi connectivity index (χ0) is 19.6. The molecule has 6 nitrogen and oxygen atoms in total. The second-order valence-corrected chi connectivity index (χ2v) is 9.37. The Kier molecular flexibility index (Phi) is 5.87. The summed E-state index contributed by atoms with van der Waals surface area (Å²) in [6.45, 7) is 4.97. The number of nitrogens with one attached hydrogen (secondary N) is 1. The molecule has 0 amide bonds. The van der Waals surface area contributed by atoms with Crippen molar-refractivity contribution in [1.29, 1.82) is 0 Å². The average molecular weight is 405 g/mol. The summed E-state index contributed by atoms with van der Waals surface area (Å²) in [5.74, 6) is 1.61. The van der Waals surface area contributed by atoms with Gasteiger partial charge < -0.3 is 9.15 Å². The van der Waals surface area contributed by atoms with Crippen LogP contribution in [0.2, 0.25) is 0 Å². The van der Waals surface area contributed by atoms with Gasteiger partial charge in [0.2, 0.25) is 10.0 Å². The van der Waals surface area contributed by atoms with Crippen LogP contribution in [-0.2, 0) is 27.6 Å². The molecule has 0 saturated carbocycles. The Labute approximate surface area is 166 Å². The van der Waals surface area contributed by atoms with Gasteiger partial charge in [-0.25, -0.2) is 13.1 Å². The van der Waals surface area contributed by atoms with E-state index in [1.54, 1.807) is 6.07 Å². The van der Waals surface area contributed by atoms with Crippen molar-refractivity contribution in [1.82, 2.24) is 9.62 Å². The van der Waals surface area contributed by atoms with Gasteiger partial charge in [-0.3, -0.25) is 4.90 Å². The van der Waals surface area contributed by atoms with Gasteiger partial charge in [-0.2, -0.15) is 0 Å². The van der Waals surface area contributed by atoms with Gasteiger partial charge in [0.05, 0.1) is 24.2 Å². The van der Waals surface area contributed by atoms with E-state index in [4.69, 9.17) is 9.15 Å². The summed E-state index contributed by atoms with van der Waals surface area (Å²) >= 11 is 0. The minimum absolute atomic E-state index is 0.148. The van der Waals surface area contributed by atoms with Crippen molar-refractivity contribution < 1.29 is 17.6 Å². The van der Waals surface area contributed by atoms with E-state index in [2.05, 4.69) is 9.62 Å². The Balaban J connectivity index is 1.52. The second kappa shape index (κ2) is 8.37. The summed E-state index contributed by atoms with van der Waals surface area (Å²) in [6.07, 6.45) is 4.31. The minimum atomic E-state index is -3.58. The highest BCUT2D eigenvalue weighted by Crippen LogP contribution is 2.26. The van der Waals surface area contributed by atoms with Crippen LogP contribution in [0.15, 0.2) is 39.6 Å². The SMILES string of the molecule is Cc1ccc(C(CNS(=O)(=O)c2ccc3c(c2)CCCC3)N2CCOCC2)o1. The highest BCUT2D eigenvalue weighted by Gasteiger charge is 2.27. The van der Waals surface area contributed by atoms with Crippen LogP contribution in [0.4, 0.5) is 0 Å². The lowest BCUT2D eigenvalue weighted by molar-refractivity contribution is 0.0127. The van der Waals surface area contributed by atoms with Crippen LogP contribution in [0, 0.1) is 6.92 Å². The molecule has 1 aromatic heterocycles. The molecule has 1 N–H and O–H groups in total. The third-order valence-electron chi connectivity index (χ3n) is 5.67. The van der Waals surface area contributed by atoms with Crippen LogP contribution >= 0.6 is 0 Å². The average Bonchev–Trinajstić information content (AvgIpc) is 3.14. The maximum absolute atomic E-state index is 13.0. The minimum Gasteiger partial charge on any atom is -0.465 e. The number of sulfonamides is 1. The molecule has 1 aromatic carbocycles. The molecule has 4 rings (SSSR count). The van der Waals surface area contributed by atoms with Crippen molar-refractivity contribution >= 4 is 10.0 Å². The third kappa shape index (κ3) is 4.33. The van der Waals surface area contributed by atoms with Gasteiger partial charge in [-0.1, -0.05) is 6.07 Å². The van der Waals surface area contributed by atoms with E-state index in [0.717, 1.165) is 43.9 Å². The predicted octanol–water partition coefficient (Wildman–Crippen LogP) is 2.82. The zero-order valence-corrected chi connectivity index (χ0v) is 17.1. The first-order valence-electron chi connectivity index (χ1n) is 10.0. The van der Waals surface area contributed by atoms with Crippen molar-refractivity contribution in [3.05, 3.63) is 53.0 Å². The van der Waals surface area contributed by atoms with E-state index >= 15 is 0 Å². The maximum Gasteiger partial charge on any atom is 0.240 e. The molecule has 28 heavy (non-hydrogen) atoms. The molecule has 1 aliphatic heterocycles. The number of nitrogens with zero attached hydrogens (tertiary/aromatic N) is 1. The number of aryl methyl sites for hydroxylation is 3. The Bertz CT molecular complexity index is 916. The van der Waals surface area contributed by atoms with Crippen molar-refractivity contribution in [2.75, 3.05) is 32.8 Å². The highest BCUT2D eigenvalue weighted by molar-refractivity contribution is 7.89. The van der Waals surface area contributed by atoms with E-state index in [1.807, 2.05) is 31.2 Å². The molecule has 0 radical (unpaired) electrons. The molecule has 2 aromatic rings. The van der Waals surface area contributed by atoms with Crippen LogP contribution in [-0.4, -0.2) is 46.2 Å². The van der Waals surface area contributed by atoms with E-state index in [1.165, 1.54) is 17.5 Å². The smallest absolute Gasteiger partial charge is 0.240 e. The molecule has 1 unspecified atom stereocenters. The Morgan fingerprint density at radius 1 is 1.07 bits per heavy atom. The number of rotatable bonds is 6. The molecule has 1 atom stereocenters. The first kappa shape index (κ1) is 19.6. The fourth-order valence-electron chi connectivity index (χ4n) is 4.08. The molecule has 1 saturated heterocycles. The monoisotopic (exact) mass is 404 g/mol. The van der Waals surface area contributed by atoms with Crippen LogP contribution in [0.5, 0.6) is 0 Å². The number of fused-ring (bicyclic) bond motifs is 1. The van der Waals surface area contributed by atoms with Crippen molar-refractivity contribution in [3.63, 3.8) is 0 Å². The standard InChI is InChI=1S/C21H28N2O4S/c1-16-6-9-21(27-16)20(23-10-12-26-13-11-23)15-22-28(24,25)19-8-7-17-4-2-3-5-18(17)14-19/h6-9,14,20,22H,2-5,10-13,15H2,1H3. The summed E-state index contributed by atoms with van der Waals surface area (Å²) in [5, 5.41) is 0. The molecule has 2 heterocycles. The normalized spacial score (nSPS) is 19.3. The number of benzene rings is 1. The Hall–Kier alpha value is -1.67. The van der Waals surface area contributed by atoms with Crippen molar-refractivity contribution in [2.45, 2.75) is 43.5 Å². The van der Waals surface area contributed by atoms with Crippen LogP contribution < -0.4 is 4.72 Å². The molecular formula is C21H28N2O4S. The van der Waals surface area contributed by atoms with Crippen molar-refractivity contribution in [3.8, 4) is 0 Å². The number of hydrogen-bond donors (Lipinski definition) is 1. The van der Waals surface area contributed by atoms with Crippen molar-refractivity contribution in [2.24, 2.45) is 0 Å². The lowest BCUT2D eigenvalue weighted by Gasteiger charge is -2.33. The summed E-state index contributed by atoms with van der Waals surface area (Å²) in [6, 6.07) is 9.25. The van der Waals surface area contributed by atoms with Crippen LogP contribution in [0.3, 0.4) is 0 Å². The second-order valence-electron chi connectivity index (χ2n) is 7.60. The van der Waals surface area contributed by atoms with Gasteiger partial charge >= 0.3 is 0 Å². The zero-order valence-electron chi connectivity index (χ0n) is 16.3. The van der Waals surface area contributed by atoms with E-state index in [-0.39, 0.29) is 12.6 Å². The molecule has 0 spiro atoms.